The van der Waals surface area contributed by atoms with Crippen molar-refractivity contribution < 1.29 is 9.53 Å². The van der Waals surface area contributed by atoms with Gasteiger partial charge in [-0.05, 0) is 40.9 Å². The van der Waals surface area contributed by atoms with Crippen molar-refractivity contribution in [1.29, 1.82) is 0 Å². The smallest absolute Gasteiger partial charge is 0.407 e. The Morgan fingerprint density at radius 3 is 2.44 bits per heavy atom. The van der Waals surface area contributed by atoms with Crippen LogP contribution in [-0.2, 0) is 4.74 Å². The third-order valence-corrected chi connectivity index (χ3v) is 1.71. The van der Waals surface area contributed by atoms with Crippen LogP contribution < -0.4 is 5.32 Å². The van der Waals surface area contributed by atoms with Crippen LogP contribution in [0.5, 0.6) is 0 Å². The lowest BCUT2D eigenvalue weighted by Crippen LogP contribution is -2.32. The van der Waals surface area contributed by atoms with Crippen molar-refractivity contribution >= 4 is 17.7 Å². The highest BCUT2D eigenvalue weighted by atomic mass is 35.5. The van der Waals surface area contributed by atoms with Crippen molar-refractivity contribution in [3.8, 4) is 0 Å². The Morgan fingerprint density at radius 2 is 2.00 bits per heavy atom. The van der Waals surface area contributed by atoms with E-state index in [9.17, 15) is 4.79 Å². The fraction of sp³-hybridized carbons (Fsp3) is 0.727. The second-order valence-corrected chi connectivity index (χ2v) is 5.26. The molecule has 0 unspecified atom stereocenters. The number of nitrogens with one attached hydrogen (secondary N) is 1. The summed E-state index contributed by atoms with van der Waals surface area (Å²) in [5.41, 5.74) is -0.471. The minimum absolute atomic E-state index is 0.377. The first-order valence-electron chi connectivity index (χ1n) is 5.17. The fourth-order valence-electron chi connectivity index (χ4n) is 0.926. The molecule has 1 N–H and O–H groups in total. The maximum absolute atomic E-state index is 11.2. The SMILES string of the molecule is CN(C)C/C(Cl)=C/CNC(=O)OC(C)(C)C. The Labute approximate surface area is 103 Å². The van der Waals surface area contributed by atoms with Crippen molar-refractivity contribution in [3.05, 3.63) is 11.1 Å². The zero-order chi connectivity index (χ0) is 12.8. The first-order valence-corrected chi connectivity index (χ1v) is 5.54. The Kier molecular flexibility index (Phi) is 6.45. The predicted molar refractivity (Wildman–Crippen MR) is 66.7 cm³/mol. The number of ether oxygens (including phenoxy) is 1. The van der Waals surface area contributed by atoms with Gasteiger partial charge in [-0.2, -0.15) is 0 Å². The van der Waals surface area contributed by atoms with E-state index in [1.165, 1.54) is 0 Å². The van der Waals surface area contributed by atoms with Crippen LogP contribution in [0.1, 0.15) is 20.8 Å². The lowest BCUT2D eigenvalue weighted by atomic mass is 10.2. The topological polar surface area (TPSA) is 41.6 Å². The first-order chi connectivity index (χ1) is 7.20. The number of alkyl carbamates (subject to hydrolysis) is 1. The molecule has 0 aromatic heterocycles. The summed E-state index contributed by atoms with van der Waals surface area (Å²) in [6, 6.07) is 0. The van der Waals surface area contributed by atoms with E-state index in [1.54, 1.807) is 6.08 Å². The molecule has 0 spiro atoms. The average Bonchev–Trinajstić information content (AvgIpc) is 1.98. The first kappa shape index (κ1) is 15.3. The summed E-state index contributed by atoms with van der Waals surface area (Å²) in [4.78, 5) is 13.2. The van der Waals surface area contributed by atoms with Gasteiger partial charge in [-0.15, -0.1) is 0 Å². The molecule has 5 heteroatoms. The maximum atomic E-state index is 11.2. The molecule has 0 fully saturated rings. The summed E-state index contributed by atoms with van der Waals surface area (Å²) < 4.78 is 5.07. The number of likely N-dealkylation sites (N-methyl/N-ethyl adjacent to an activating group) is 1. The zero-order valence-corrected chi connectivity index (χ0v) is 11.4. The number of nitrogens with zero attached hydrogens (tertiary/aromatic N) is 1. The maximum Gasteiger partial charge on any atom is 0.407 e. The van der Waals surface area contributed by atoms with Gasteiger partial charge in [0.25, 0.3) is 0 Å². The number of halogens is 1. The summed E-state index contributed by atoms with van der Waals surface area (Å²) in [5, 5.41) is 3.30. The molecule has 0 radical (unpaired) electrons. The second-order valence-electron chi connectivity index (χ2n) is 4.77. The minimum Gasteiger partial charge on any atom is -0.444 e. The van der Waals surface area contributed by atoms with Gasteiger partial charge in [-0.25, -0.2) is 4.79 Å². The van der Waals surface area contributed by atoms with Crippen molar-refractivity contribution in [3.63, 3.8) is 0 Å². The molecule has 0 aliphatic rings. The lowest BCUT2D eigenvalue weighted by Gasteiger charge is -2.19. The molecule has 0 rings (SSSR count). The predicted octanol–water partition coefficient (Wildman–Crippen LogP) is 2.20. The number of carbonyl (C=O) groups excluding carboxylic acids is 1. The van der Waals surface area contributed by atoms with Gasteiger partial charge in [0.1, 0.15) is 5.60 Å². The van der Waals surface area contributed by atoms with Crippen LogP contribution in [0.3, 0.4) is 0 Å². The van der Waals surface area contributed by atoms with Crippen molar-refractivity contribution in [2.45, 2.75) is 26.4 Å². The molecule has 0 saturated heterocycles. The van der Waals surface area contributed by atoms with E-state index >= 15 is 0 Å². The van der Waals surface area contributed by atoms with Gasteiger partial charge in [-0.3, -0.25) is 0 Å². The quantitative estimate of drug-likeness (QED) is 0.829. The highest BCUT2D eigenvalue weighted by Crippen LogP contribution is 2.06. The molecule has 0 heterocycles. The highest BCUT2D eigenvalue weighted by Gasteiger charge is 2.15. The standard InChI is InChI=1S/C11H21ClN2O2/c1-11(2,3)16-10(15)13-7-6-9(12)8-14(4)5/h6H,7-8H2,1-5H3,(H,13,15)/b9-6-. The summed E-state index contributed by atoms with van der Waals surface area (Å²) in [6.45, 7) is 6.50. The number of amides is 1. The Balaban J connectivity index is 3.85. The molecule has 0 saturated carbocycles. The number of carbonyl (C=O) groups is 1. The summed E-state index contributed by atoms with van der Waals surface area (Å²) in [6.07, 6.45) is 1.32. The lowest BCUT2D eigenvalue weighted by molar-refractivity contribution is 0.0534. The highest BCUT2D eigenvalue weighted by molar-refractivity contribution is 6.29. The van der Waals surface area contributed by atoms with Gasteiger partial charge >= 0.3 is 6.09 Å². The van der Waals surface area contributed by atoms with Gasteiger partial charge in [0.2, 0.25) is 0 Å². The zero-order valence-electron chi connectivity index (χ0n) is 10.6. The van der Waals surface area contributed by atoms with E-state index in [2.05, 4.69) is 5.32 Å². The van der Waals surface area contributed by atoms with E-state index in [0.29, 0.717) is 18.1 Å². The van der Waals surface area contributed by atoms with Crippen molar-refractivity contribution in [2.24, 2.45) is 0 Å². The second kappa shape index (κ2) is 6.76. The average molecular weight is 249 g/mol. The third kappa shape index (κ3) is 9.80. The normalized spacial score (nSPS) is 12.8. The van der Waals surface area contributed by atoms with Crippen molar-refractivity contribution in [1.82, 2.24) is 10.2 Å². The molecule has 16 heavy (non-hydrogen) atoms. The fourth-order valence-corrected chi connectivity index (χ4v) is 1.24. The van der Waals surface area contributed by atoms with Gasteiger partial charge in [0.05, 0.1) is 0 Å². The van der Waals surface area contributed by atoms with Gasteiger partial charge in [0.15, 0.2) is 0 Å². The van der Waals surface area contributed by atoms with Crippen LogP contribution in [0.15, 0.2) is 11.1 Å². The molecular formula is C11H21ClN2O2. The molecule has 0 aromatic rings. The van der Waals surface area contributed by atoms with Crippen LogP contribution in [0, 0.1) is 0 Å². The van der Waals surface area contributed by atoms with Gasteiger partial charge in [-0.1, -0.05) is 11.6 Å². The van der Waals surface area contributed by atoms with Crippen LogP contribution in [-0.4, -0.2) is 43.8 Å². The molecule has 1 amide bonds. The van der Waals surface area contributed by atoms with E-state index in [0.717, 1.165) is 0 Å². The largest absolute Gasteiger partial charge is 0.444 e. The van der Waals surface area contributed by atoms with Crippen LogP contribution in [0.25, 0.3) is 0 Å². The summed E-state index contributed by atoms with van der Waals surface area (Å²) in [7, 11) is 3.86. The van der Waals surface area contributed by atoms with E-state index in [-0.39, 0.29) is 0 Å². The van der Waals surface area contributed by atoms with Crippen LogP contribution in [0.2, 0.25) is 0 Å². The van der Waals surface area contributed by atoms with Crippen LogP contribution in [0.4, 0.5) is 4.79 Å². The molecule has 94 valence electrons. The molecular weight excluding hydrogens is 228 g/mol. The molecule has 0 aliphatic carbocycles. The van der Waals surface area contributed by atoms with Gasteiger partial charge < -0.3 is 15.0 Å². The van der Waals surface area contributed by atoms with E-state index in [4.69, 9.17) is 16.3 Å². The summed E-state index contributed by atoms with van der Waals surface area (Å²) >= 11 is 5.92. The van der Waals surface area contributed by atoms with E-state index < -0.39 is 11.7 Å². The minimum atomic E-state index is -0.471. The Hall–Kier alpha value is -0.740. The molecule has 0 aromatic carbocycles. The van der Waals surface area contributed by atoms with E-state index in [1.807, 2.05) is 39.8 Å². The summed E-state index contributed by atoms with van der Waals surface area (Å²) in [5.74, 6) is 0. The van der Waals surface area contributed by atoms with Gasteiger partial charge in [0, 0.05) is 18.1 Å². The Morgan fingerprint density at radius 1 is 1.44 bits per heavy atom. The molecule has 0 bridgehead atoms. The number of rotatable bonds is 4. The third-order valence-electron chi connectivity index (χ3n) is 1.44. The number of hydrogen-bond donors (Lipinski definition) is 1. The monoisotopic (exact) mass is 248 g/mol. The Bertz CT molecular complexity index is 257. The van der Waals surface area contributed by atoms with Crippen molar-refractivity contribution in [2.75, 3.05) is 27.2 Å². The molecule has 0 aliphatic heterocycles. The molecule has 0 atom stereocenters. The number of hydrogen-bond acceptors (Lipinski definition) is 3. The molecule has 4 nitrogen and oxygen atoms in total. The van der Waals surface area contributed by atoms with Crippen LogP contribution >= 0.6 is 11.6 Å².